The summed E-state index contributed by atoms with van der Waals surface area (Å²) in [5.41, 5.74) is 0. The minimum absolute atomic E-state index is 0.632. The third-order valence-corrected chi connectivity index (χ3v) is 4.35. The van der Waals surface area contributed by atoms with Crippen molar-refractivity contribution >= 4 is 0 Å². The largest absolute Gasteiger partial charge is 0.385 e. The van der Waals surface area contributed by atoms with Crippen LogP contribution in [0.15, 0.2) is 0 Å². The lowest BCUT2D eigenvalue weighted by atomic mass is 9.85. The Morgan fingerprint density at radius 2 is 2.06 bits per heavy atom. The number of nitrogens with zero attached hydrogens (tertiary/aromatic N) is 1. The van der Waals surface area contributed by atoms with E-state index in [0.717, 1.165) is 44.0 Å². The summed E-state index contributed by atoms with van der Waals surface area (Å²) in [6, 6.07) is 1.35. The number of rotatable bonds is 7. The van der Waals surface area contributed by atoms with Crippen molar-refractivity contribution in [1.29, 1.82) is 0 Å². The SMILES string of the molecule is COCCCNCC(C)N1CC(C)CC(C)C1C. The van der Waals surface area contributed by atoms with Crippen molar-refractivity contribution < 1.29 is 4.74 Å². The average Bonchev–Trinajstić information content (AvgIpc) is 2.33. The van der Waals surface area contributed by atoms with Crippen molar-refractivity contribution in [2.24, 2.45) is 11.8 Å². The van der Waals surface area contributed by atoms with Crippen LogP contribution in [0, 0.1) is 11.8 Å². The highest BCUT2D eigenvalue weighted by Gasteiger charge is 2.31. The lowest BCUT2D eigenvalue weighted by molar-refractivity contribution is 0.0464. The Morgan fingerprint density at radius 1 is 1.33 bits per heavy atom. The molecule has 18 heavy (non-hydrogen) atoms. The first-order valence-electron chi connectivity index (χ1n) is 7.51. The molecule has 0 radical (unpaired) electrons. The number of piperidine rings is 1. The summed E-state index contributed by atoms with van der Waals surface area (Å²) in [4.78, 5) is 2.68. The smallest absolute Gasteiger partial charge is 0.0474 e. The lowest BCUT2D eigenvalue weighted by Crippen LogP contribution is -2.52. The summed E-state index contributed by atoms with van der Waals surface area (Å²) in [7, 11) is 1.76. The Hall–Kier alpha value is -0.120. The summed E-state index contributed by atoms with van der Waals surface area (Å²) >= 11 is 0. The van der Waals surface area contributed by atoms with Crippen LogP contribution in [0.1, 0.15) is 40.5 Å². The number of nitrogens with one attached hydrogen (secondary N) is 1. The van der Waals surface area contributed by atoms with E-state index in [1.54, 1.807) is 7.11 Å². The molecule has 0 aliphatic carbocycles. The predicted octanol–water partition coefficient (Wildman–Crippen LogP) is 2.37. The molecule has 1 aliphatic heterocycles. The molecule has 3 heteroatoms. The molecule has 0 bridgehead atoms. The maximum atomic E-state index is 5.06. The molecule has 4 unspecified atom stereocenters. The second-order valence-corrected chi connectivity index (χ2v) is 6.16. The highest BCUT2D eigenvalue weighted by molar-refractivity contribution is 4.85. The van der Waals surface area contributed by atoms with Crippen LogP contribution in [0.5, 0.6) is 0 Å². The molecule has 1 saturated heterocycles. The fourth-order valence-electron chi connectivity index (χ4n) is 3.11. The van der Waals surface area contributed by atoms with Crippen molar-refractivity contribution in [1.82, 2.24) is 10.2 Å². The fraction of sp³-hybridized carbons (Fsp3) is 1.00. The Balaban J connectivity index is 2.28. The van der Waals surface area contributed by atoms with Crippen LogP contribution >= 0.6 is 0 Å². The van der Waals surface area contributed by atoms with Gasteiger partial charge in [0.25, 0.3) is 0 Å². The third-order valence-electron chi connectivity index (χ3n) is 4.35. The molecule has 1 fully saturated rings. The molecule has 1 heterocycles. The van der Waals surface area contributed by atoms with Gasteiger partial charge in [-0.2, -0.15) is 0 Å². The number of ether oxygens (including phenoxy) is 1. The standard InChI is InChI=1S/C15H32N2O/c1-12-9-13(2)15(4)17(11-12)14(3)10-16-7-6-8-18-5/h12-16H,6-11H2,1-5H3. The van der Waals surface area contributed by atoms with Gasteiger partial charge in [0.1, 0.15) is 0 Å². The average molecular weight is 256 g/mol. The zero-order valence-corrected chi connectivity index (χ0v) is 12.9. The predicted molar refractivity (Wildman–Crippen MR) is 77.9 cm³/mol. The molecule has 1 rings (SSSR count). The quantitative estimate of drug-likeness (QED) is 0.708. The number of hydrogen-bond donors (Lipinski definition) is 1. The topological polar surface area (TPSA) is 24.5 Å². The Morgan fingerprint density at radius 3 is 2.72 bits per heavy atom. The summed E-state index contributed by atoms with van der Waals surface area (Å²) in [5, 5.41) is 3.55. The first kappa shape index (κ1) is 15.9. The first-order chi connectivity index (χ1) is 8.56. The molecular weight excluding hydrogens is 224 g/mol. The highest BCUT2D eigenvalue weighted by atomic mass is 16.5. The van der Waals surface area contributed by atoms with Gasteiger partial charge in [0.2, 0.25) is 0 Å². The lowest BCUT2D eigenvalue weighted by Gasteiger charge is -2.44. The molecule has 0 aromatic carbocycles. The normalized spacial score (nSPS) is 31.5. The van der Waals surface area contributed by atoms with Crippen LogP contribution < -0.4 is 5.32 Å². The van der Waals surface area contributed by atoms with Crippen LogP contribution in [-0.2, 0) is 4.74 Å². The van der Waals surface area contributed by atoms with Crippen LogP contribution in [0.2, 0.25) is 0 Å². The van der Waals surface area contributed by atoms with E-state index in [4.69, 9.17) is 4.74 Å². The number of methoxy groups -OCH3 is 1. The van der Waals surface area contributed by atoms with Crippen LogP contribution in [0.25, 0.3) is 0 Å². The summed E-state index contributed by atoms with van der Waals surface area (Å²) in [5.74, 6) is 1.66. The molecule has 108 valence electrons. The van der Waals surface area contributed by atoms with Crippen molar-refractivity contribution in [3.63, 3.8) is 0 Å². The molecule has 4 atom stereocenters. The van der Waals surface area contributed by atoms with E-state index in [1.807, 2.05) is 0 Å². The van der Waals surface area contributed by atoms with Gasteiger partial charge in [-0.15, -0.1) is 0 Å². The van der Waals surface area contributed by atoms with Crippen LogP contribution in [-0.4, -0.2) is 50.3 Å². The molecular formula is C15H32N2O. The van der Waals surface area contributed by atoms with Crippen LogP contribution in [0.4, 0.5) is 0 Å². The van der Waals surface area contributed by atoms with E-state index in [-0.39, 0.29) is 0 Å². The maximum Gasteiger partial charge on any atom is 0.0474 e. The molecule has 0 amide bonds. The fourth-order valence-corrected chi connectivity index (χ4v) is 3.11. The van der Waals surface area contributed by atoms with Crippen molar-refractivity contribution in [3.05, 3.63) is 0 Å². The molecule has 0 saturated carbocycles. The van der Waals surface area contributed by atoms with Gasteiger partial charge in [-0.1, -0.05) is 13.8 Å². The molecule has 0 spiro atoms. The number of hydrogen-bond acceptors (Lipinski definition) is 3. The van der Waals surface area contributed by atoms with Gasteiger partial charge in [0, 0.05) is 38.9 Å². The van der Waals surface area contributed by atoms with Gasteiger partial charge in [0.15, 0.2) is 0 Å². The van der Waals surface area contributed by atoms with Gasteiger partial charge in [-0.05, 0) is 45.1 Å². The first-order valence-corrected chi connectivity index (χ1v) is 7.51. The minimum atomic E-state index is 0.632. The van der Waals surface area contributed by atoms with Gasteiger partial charge in [-0.25, -0.2) is 0 Å². The Labute approximate surface area is 113 Å². The van der Waals surface area contributed by atoms with Gasteiger partial charge in [-0.3, -0.25) is 4.90 Å². The number of likely N-dealkylation sites (tertiary alicyclic amines) is 1. The van der Waals surface area contributed by atoms with Crippen molar-refractivity contribution in [3.8, 4) is 0 Å². The minimum Gasteiger partial charge on any atom is -0.385 e. The molecule has 3 nitrogen and oxygen atoms in total. The molecule has 0 aromatic rings. The zero-order chi connectivity index (χ0) is 13.5. The van der Waals surface area contributed by atoms with E-state index >= 15 is 0 Å². The molecule has 1 aliphatic rings. The highest BCUT2D eigenvalue weighted by Crippen LogP contribution is 2.28. The van der Waals surface area contributed by atoms with E-state index in [0.29, 0.717) is 6.04 Å². The van der Waals surface area contributed by atoms with E-state index in [1.165, 1.54) is 13.0 Å². The van der Waals surface area contributed by atoms with E-state index in [9.17, 15) is 0 Å². The Bertz CT molecular complexity index is 223. The molecule has 1 N–H and O–H groups in total. The van der Waals surface area contributed by atoms with Crippen molar-refractivity contribution in [2.75, 3.05) is 33.4 Å². The second-order valence-electron chi connectivity index (χ2n) is 6.16. The van der Waals surface area contributed by atoms with Gasteiger partial charge >= 0.3 is 0 Å². The second kappa shape index (κ2) is 8.13. The third kappa shape index (κ3) is 4.87. The summed E-state index contributed by atoms with van der Waals surface area (Å²) < 4.78 is 5.06. The van der Waals surface area contributed by atoms with Gasteiger partial charge in [0.05, 0.1) is 0 Å². The van der Waals surface area contributed by atoms with E-state index in [2.05, 4.69) is 37.9 Å². The summed E-state index contributed by atoms with van der Waals surface area (Å²) in [6.07, 6.45) is 2.48. The van der Waals surface area contributed by atoms with Gasteiger partial charge < -0.3 is 10.1 Å². The van der Waals surface area contributed by atoms with Crippen molar-refractivity contribution in [2.45, 2.75) is 52.6 Å². The summed E-state index contributed by atoms with van der Waals surface area (Å²) in [6.45, 7) is 13.8. The Kier molecular flexibility index (Phi) is 7.20. The monoisotopic (exact) mass is 256 g/mol. The zero-order valence-electron chi connectivity index (χ0n) is 12.9. The maximum absolute atomic E-state index is 5.06. The van der Waals surface area contributed by atoms with Crippen LogP contribution in [0.3, 0.4) is 0 Å². The van der Waals surface area contributed by atoms with E-state index < -0.39 is 0 Å². The molecule has 0 aromatic heterocycles.